The van der Waals surface area contributed by atoms with Crippen molar-refractivity contribution >= 4 is 22.5 Å². The van der Waals surface area contributed by atoms with Gasteiger partial charge >= 0.3 is 0 Å². The van der Waals surface area contributed by atoms with E-state index in [4.69, 9.17) is 0 Å². The van der Waals surface area contributed by atoms with Crippen molar-refractivity contribution in [3.8, 4) is 16.9 Å². The summed E-state index contributed by atoms with van der Waals surface area (Å²) in [5.74, 6) is -0.547. The first-order valence-electron chi connectivity index (χ1n) is 13.5. The smallest absolute Gasteiger partial charge is 0.280 e. The fourth-order valence-corrected chi connectivity index (χ4v) is 6.08. The third kappa shape index (κ3) is 3.64. The van der Waals surface area contributed by atoms with Crippen molar-refractivity contribution in [3.05, 3.63) is 141 Å². The Bertz CT molecular complexity index is 1950. The van der Waals surface area contributed by atoms with Crippen molar-refractivity contribution in [2.45, 2.75) is 26.3 Å². The number of anilines is 1. The Hall–Kier alpha value is -5.10. The number of aryl methyl sites for hydroxylation is 2. The van der Waals surface area contributed by atoms with Crippen LogP contribution in [0, 0.1) is 13.8 Å². The molecule has 7 rings (SSSR count). The molecule has 1 amide bonds. The Morgan fingerprint density at radius 3 is 2.25 bits per heavy atom. The van der Waals surface area contributed by atoms with Crippen LogP contribution in [0.15, 0.2) is 108 Å². The number of aromatic nitrogens is 3. The number of nitrogens with one attached hydrogen (secondary N) is 2. The molecule has 2 aromatic heterocycles. The van der Waals surface area contributed by atoms with Crippen LogP contribution in [0.5, 0.6) is 0 Å². The third-order valence-corrected chi connectivity index (χ3v) is 7.94. The van der Waals surface area contributed by atoms with E-state index in [1.165, 1.54) is 0 Å². The van der Waals surface area contributed by atoms with Crippen molar-refractivity contribution < 1.29 is 4.79 Å². The Morgan fingerprint density at radius 2 is 1.48 bits per heavy atom. The molecule has 0 saturated carbocycles. The summed E-state index contributed by atoms with van der Waals surface area (Å²) in [7, 11) is 0. The van der Waals surface area contributed by atoms with Gasteiger partial charge in [-0.1, -0.05) is 84.9 Å². The van der Waals surface area contributed by atoms with Crippen molar-refractivity contribution in [3.63, 3.8) is 0 Å². The second kappa shape index (κ2) is 9.27. The summed E-state index contributed by atoms with van der Waals surface area (Å²) in [6, 6.07) is 33.7. The average molecular weight is 525 g/mol. The first-order valence-corrected chi connectivity index (χ1v) is 13.5. The lowest BCUT2D eigenvalue weighted by Crippen LogP contribution is -2.28. The molecule has 4 aromatic carbocycles. The largest absolute Gasteiger partial charge is 0.354 e. The Kier molecular flexibility index (Phi) is 5.56. The standard InChI is InChI=1S/C34H28N4O2/c1-21-12-11-18-26-29(30-25-17-9-10-19-27(25)37(33(30)39)20-23-13-5-3-6-14-23)32(35-31(21)26)28-22(2)36-38(34(28)40)24-15-7-4-8-16-24/h3-19,30,35-36H,20H2,1-2H3. The fraction of sp³-hybridized carbons (Fsp3) is 0.118. The van der Waals surface area contributed by atoms with Crippen LogP contribution in [0.2, 0.25) is 0 Å². The number of carbonyl (C=O) groups is 1. The molecule has 0 saturated heterocycles. The van der Waals surface area contributed by atoms with Gasteiger partial charge < -0.3 is 9.88 Å². The van der Waals surface area contributed by atoms with Gasteiger partial charge in [0.05, 0.1) is 29.4 Å². The number of benzene rings is 4. The lowest BCUT2D eigenvalue weighted by atomic mass is 9.88. The molecular formula is C34H28N4O2. The highest BCUT2D eigenvalue weighted by Gasteiger charge is 2.41. The molecule has 0 bridgehead atoms. The SMILES string of the molecule is Cc1[nH]n(-c2ccccc2)c(=O)c1-c1[nH]c2c(C)cccc2c1C1C(=O)N(Cc2ccccc2)c2ccccc21. The van der Waals surface area contributed by atoms with Crippen LogP contribution in [-0.2, 0) is 11.3 Å². The number of fused-ring (bicyclic) bond motifs is 2. The van der Waals surface area contributed by atoms with Crippen LogP contribution in [0.3, 0.4) is 0 Å². The van der Waals surface area contributed by atoms with Crippen molar-refractivity contribution in [2.24, 2.45) is 0 Å². The number of carbonyl (C=O) groups excluding carboxylic acids is 1. The van der Waals surface area contributed by atoms with Crippen molar-refractivity contribution in [1.82, 2.24) is 14.8 Å². The normalized spacial score (nSPS) is 14.7. The van der Waals surface area contributed by atoms with Gasteiger partial charge in [-0.25, -0.2) is 4.68 Å². The summed E-state index contributed by atoms with van der Waals surface area (Å²) in [5.41, 5.74) is 8.31. The molecular weight excluding hydrogens is 496 g/mol. The molecule has 6 aromatic rings. The van der Waals surface area contributed by atoms with Gasteiger partial charge in [-0.3, -0.25) is 14.7 Å². The zero-order chi connectivity index (χ0) is 27.4. The molecule has 1 aliphatic heterocycles. The minimum Gasteiger partial charge on any atom is -0.354 e. The average Bonchev–Trinajstić information content (AvgIpc) is 3.59. The number of hydrogen-bond acceptors (Lipinski definition) is 2. The molecule has 0 spiro atoms. The molecule has 6 nitrogen and oxygen atoms in total. The maximum Gasteiger partial charge on any atom is 0.280 e. The third-order valence-electron chi connectivity index (χ3n) is 7.94. The summed E-state index contributed by atoms with van der Waals surface area (Å²) >= 11 is 0. The molecule has 1 unspecified atom stereocenters. The summed E-state index contributed by atoms with van der Waals surface area (Å²) in [6.07, 6.45) is 0. The van der Waals surface area contributed by atoms with Gasteiger partial charge in [-0.05, 0) is 48.7 Å². The lowest BCUT2D eigenvalue weighted by molar-refractivity contribution is -0.118. The van der Waals surface area contributed by atoms with E-state index in [2.05, 4.69) is 10.1 Å². The number of amides is 1. The van der Waals surface area contributed by atoms with E-state index in [0.29, 0.717) is 17.8 Å². The van der Waals surface area contributed by atoms with Crippen LogP contribution >= 0.6 is 0 Å². The van der Waals surface area contributed by atoms with Crippen LogP contribution in [0.25, 0.3) is 27.8 Å². The van der Waals surface area contributed by atoms with E-state index >= 15 is 0 Å². The van der Waals surface area contributed by atoms with Gasteiger partial charge in [-0.2, -0.15) is 0 Å². The van der Waals surface area contributed by atoms with Crippen LogP contribution < -0.4 is 10.5 Å². The lowest BCUT2D eigenvalue weighted by Gasteiger charge is -2.18. The summed E-state index contributed by atoms with van der Waals surface area (Å²) in [6.45, 7) is 4.43. The topological polar surface area (TPSA) is 73.9 Å². The van der Waals surface area contributed by atoms with Crippen LogP contribution in [-0.4, -0.2) is 20.7 Å². The van der Waals surface area contributed by atoms with Crippen LogP contribution in [0.4, 0.5) is 5.69 Å². The number of aromatic amines is 2. The van der Waals surface area contributed by atoms with Gasteiger partial charge in [-0.15, -0.1) is 0 Å². The number of rotatable bonds is 5. The van der Waals surface area contributed by atoms with Crippen molar-refractivity contribution in [2.75, 3.05) is 4.90 Å². The highest BCUT2D eigenvalue weighted by Crippen LogP contribution is 2.47. The van der Waals surface area contributed by atoms with E-state index in [-0.39, 0.29) is 11.5 Å². The number of hydrogen-bond donors (Lipinski definition) is 2. The summed E-state index contributed by atoms with van der Waals surface area (Å²) in [4.78, 5) is 33.8. The zero-order valence-corrected chi connectivity index (χ0v) is 22.3. The second-order valence-electron chi connectivity index (χ2n) is 10.4. The number of para-hydroxylation sites is 3. The van der Waals surface area contributed by atoms with Crippen LogP contribution in [0.1, 0.15) is 33.9 Å². The highest BCUT2D eigenvalue weighted by atomic mass is 16.2. The van der Waals surface area contributed by atoms with Gasteiger partial charge in [0.1, 0.15) is 0 Å². The Balaban J connectivity index is 1.46. The van der Waals surface area contributed by atoms with Gasteiger partial charge in [0.25, 0.3) is 5.56 Å². The first kappa shape index (κ1) is 24.0. The highest BCUT2D eigenvalue weighted by molar-refractivity contribution is 6.11. The Morgan fingerprint density at radius 1 is 0.775 bits per heavy atom. The van der Waals surface area contributed by atoms with Crippen molar-refractivity contribution in [1.29, 1.82) is 0 Å². The van der Waals surface area contributed by atoms with E-state index < -0.39 is 5.92 Å². The predicted octanol–water partition coefficient (Wildman–Crippen LogP) is 6.61. The molecule has 1 atom stereocenters. The molecule has 40 heavy (non-hydrogen) atoms. The molecule has 3 heterocycles. The predicted molar refractivity (Wildman–Crippen MR) is 159 cm³/mol. The quantitative estimate of drug-likeness (QED) is 0.266. The maximum atomic E-state index is 14.4. The molecule has 0 radical (unpaired) electrons. The summed E-state index contributed by atoms with van der Waals surface area (Å²) < 4.78 is 1.57. The van der Waals surface area contributed by atoms with Gasteiger partial charge in [0.15, 0.2) is 0 Å². The fourth-order valence-electron chi connectivity index (χ4n) is 6.08. The molecule has 0 fully saturated rings. The molecule has 2 N–H and O–H groups in total. The van der Waals surface area contributed by atoms with E-state index in [0.717, 1.165) is 50.2 Å². The first-order chi connectivity index (χ1) is 19.5. The number of nitrogens with zero attached hydrogens (tertiary/aromatic N) is 2. The minimum absolute atomic E-state index is 0.00489. The molecule has 0 aliphatic carbocycles. The monoisotopic (exact) mass is 524 g/mol. The van der Waals surface area contributed by atoms with Gasteiger partial charge in [0, 0.05) is 27.8 Å². The van der Waals surface area contributed by atoms with Gasteiger partial charge in [0.2, 0.25) is 5.91 Å². The molecule has 196 valence electrons. The maximum absolute atomic E-state index is 14.4. The minimum atomic E-state index is -0.552. The zero-order valence-electron chi connectivity index (χ0n) is 22.3. The number of H-pyrrole nitrogens is 2. The second-order valence-corrected chi connectivity index (χ2v) is 10.4. The Labute approximate surface area is 231 Å². The molecule has 1 aliphatic rings. The summed E-state index contributed by atoms with van der Waals surface area (Å²) in [5, 5.41) is 4.22. The van der Waals surface area contributed by atoms with E-state index in [1.54, 1.807) is 4.68 Å². The molecule has 6 heteroatoms. The van der Waals surface area contributed by atoms with E-state index in [1.807, 2.05) is 122 Å². The van der Waals surface area contributed by atoms with E-state index in [9.17, 15) is 9.59 Å².